The van der Waals surface area contributed by atoms with Gasteiger partial charge in [-0.05, 0) is 49.1 Å². The molecule has 1 aliphatic carbocycles. The van der Waals surface area contributed by atoms with E-state index in [9.17, 15) is 24.0 Å². The van der Waals surface area contributed by atoms with Crippen molar-refractivity contribution in [1.82, 2.24) is 10.2 Å². The van der Waals surface area contributed by atoms with Crippen molar-refractivity contribution in [3.8, 4) is 0 Å². The minimum atomic E-state index is -0.484. The molecule has 5 amide bonds. The molecule has 2 unspecified atom stereocenters. The van der Waals surface area contributed by atoms with Crippen molar-refractivity contribution in [3.63, 3.8) is 0 Å². The molecule has 1 fully saturated rings. The van der Waals surface area contributed by atoms with E-state index in [1.807, 2.05) is 0 Å². The zero-order chi connectivity index (χ0) is 22.4. The number of anilines is 1. The van der Waals surface area contributed by atoms with Crippen LogP contribution in [0, 0.1) is 11.8 Å². The maximum absolute atomic E-state index is 13.1. The van der Waals surface area contributed by atoms with Crippen LogP contribution in [0.4, 0.5) is 5.69 Å². The zero-order valence-corrected chi connectivity index (χ0v) is 17.2. The number of hydrogen-bond donors (Lipinski definition) is 2. The zero-order valence-electron chi connectivity index (χ0n) is 17.2. The van der Waals surface area contributed by atoms with Crippen LogP contribution < -0.4 is 10.6 Å². The number of hydrogen-bond acceptors (Lipinski definition) is 5. The van der Waals surface area contributed by atoms with Gasteiger partial charge in [0.2, 0.25) is 5.91 Å². The van der Waals surface area contributed by atoms with Gasteiger partial charge in [0.05, 0.1) is 22.3 Å². The molecule has 32 heavy (non-hydrogen) atoms. The maximum atomic E-state index is 13.1. The molecule has 2 aromatic rings. The second-order valence-electron chi connectivity index (χ2n) is 8.45. The van der Waals surface area contributed by atoms with Gasteiger partial charge in [-0.1, -0.05) is 25.0 Å². The molecule has 0 bridgehead atoms. The first-order chi connectivity index (χ1) is 15.4. The van der Waals surface area contributed by atoms with Crippen LogP contribution >= 0.6 is 0 Å². The summed E-state index contributed by atoms with van der Waals surface area (Å²) in [5.74, 6) is -2.29. The number of nitrogens with zero attached hydrogens (tertiary/aromatic N) is 1. The number of fused-ring (bicyclic) bond motifs is 2. The average molecular weight is 431 g/mol. The van der Waals surface area contributed by atoms with Crippen molar-refractivity contribution in [2.45, 2.75) is 25.7 Å². The molecule has 2 aliphatic heterocycles. The number of rotatable bonds is 4. The van der Waals surface area contributed by atoms with E-state index in [0.717, 1.165) is 19.3 Å². The van der Waals surface area contributed by atoms with Crippen LogP contribution in [0.15, 0.2) is 42.5 Å². The van der Waals surface area contributed by atoms with Gasteiger partial charge in [0, 0.05) is 18.2 Å². The third kappa shape index (κ3) is 3.28. The lowest BCUT2D eigenvalue weighted by atomic mass is 9.78. The van der Waals surface area contributed by atoms with E-state index in [1.54, 1.807) is 30.3 Å². The van der Waals surface area contributed by atoms with Gasteiger partial charge >= 0.3 is 0 Å². The van der Waals surface area contributed by atoms with Crippen LogP contribution in [0.3, 0.4) is 0 Å². The minimum Gasteiger partial charge on any atom is -0.326 e. The lowest BCUT2D eigenvalue weighted by Gasteiger charge is -2.32. The van der Waals surface area contributed by atoms with Crippen molar-refractivity contribution in [1.29, 1.82) is 0 Å². The standard InChI is InChI=1S/C24H21N3O5/c28-20(25-14-9-10-16-19(11-14)22(30)26-21(16)29)15-6-2-1-5-13(15)12-27-23(31)17-7-3-4-8-18(17)24(27)32/h3-4,7-11,13,15H,1-2,5-6,12H2,(H,25,28)(H,26,29,30). The molecule has 0 aromatic heterocycles. The summed E-state index contributed by atoms with van der Waals surface area (Å²) >= 11 is 0. The first-order valence-corrected chi connectivity index (χ1v) is 10.7. The number of carbonyl (C=O) groups excluding carboxylic acids is 5. The molecule has 8 nitrogen and oxygen atoms in total. The van der Waals surface area contributed by atoms with Gasteiger partial charge in [0.1, 0.15) is 0 Å². The van der Waals surface area contributed by atoms with E-state index in [0.29, 0.717) is 23.2 Å². The van der Waals surface area contributed by atoms with Crippen molar-refractivity contribution >= 4 is 35.2 Å². The molecular weight excluding hydrogens is 410 g/mol. The van der Waals surface area contributed by atoms with E-state index in [1.165, 1.54) is 17.0 Å². The summed E-state index contributed by atoms with van der Waals surface area (Å²) in [7, 11) is 0. The Morgan fingerprint density at radius 2 is 1.53 bits per heavy atom. The minimum absolute atomic E-state index is 0.148. The molecule has 1 saturated carbocycles. The summed E-state index contributed by atoms with van der Waals surface area (Å²) in [6.45, 7) is 0.200. The number of imide groups is 2. The lowest BCUT2D eigenvalue weighted by Crippen LogP contribution is -2.41. The Balaban J connectivity index is 1.32. The average Bonchev–Trinajstić information content (AvgIpc) is 3.22. The molecule has 8 heteroatoms. The van der Waals surface area contributed by atoms with Crippen LogP contribution in [0.1, 0.15) is 67.1 Å². The summed E-state index contributed by atoms with van der Waals surface area (Å²) < 4.78 is 0. The molecule has 5 rings (SSSR count). The maximum Gasteiger partial charge on any atom is 0.261 e. The Morgan fingerprint density at radius 3 is 2.25 bits per heavy atom. The Hall–Kier alpha value is -3.81. The number of carbonyl (C=O) groups is 5. The summed E-state index contributed by atoms with van der Waals surface area (Å²) in [5.41, 5.74) is 1.76. The molecule has 2 atom stereocenters. The summed E-state index contributed by atoms with van der Waals surface area (Å²) in [6.07, 6.45) is 3.21. The van der Waals surface area contributed by atoms with Gasteiger partial charge in [-0.2, -0.15) is 0 Å². The quantitative estimate of drug-likeness (QED) is 0.723. The Kier molecular flexibility index (Phi) is 4.84. The van der Waals surface area contributed by atoms with Crippen LogP contribution in [-0.2, 0) is 4.79 Å². The molecular formula is C24H21N3O5. The third-order valence-corrected chi connectivity index (χ3v) is 6.54. The third-order valence-electron chi connectivity index (χ3n) is 6.54. The fourth-order valence-electron chi connectivity index (χ4n) is 4.89. The molecule has 162 valence electrons. The van der Waals surface area contributed by atoms with Crippen molar-refractivity contribution in [3.05, 3.63) is 64.7 Å². The van der Waals surface area contributed by atoms with E-state index < -0.39 is 11.8 Å². The van der Waals surface area contributed by atoms with E-state index in [-0.39, 0.29) is 47.2 Å². The van der Waals surface area contributed by atoms with Crippen LogP contribution in [0.5, 0.6) is 0 Å². The fourth-order valence-corrected chi connectivity index (χ4v) is 4.89. The van der Waals surface area contributed by atoms with Crippen LogP contribution in [-0.4, -0.2) is 41.0 Å². The van der Waals surface area contributed by atoms with Crippen LogP contribution in [0.25, 0.3) is 0 Å². The molecule has 2 N–H and O–H groups in total. The van der Waals surface area contributed by atoms with E-state index in [2.05, 4.69) is 10.6 Å². The first-order valence-electron chi connectivity index (χ1n) is 10.7. The monoisotopic (exact) mass is 431 g/mol. The Morgan fingerprint density at radius 1 is 0.875 bits per heavy atom. The van der Waals surface area contributed by atoms with Gasteiger partial charge in [-0.25, -0.2) is 0 Å². The van der Waals surface area contributed by atoms with Crippen molar-refractivity contribution < 1.29 is 24.0 Å². The highest BCUT2D eigenvalue weighted by Crippen LogP contribution is 2.34. The molecule has 2 heterocycles. The van der Waals surface area contributed by atoms with Gasteiger partial charge in [-0.15, -0.1) is 0 Å². The molecule has 0 radical (unpaired) electrons. The van der Waals surface area contributed by atoms with Crippen molar-refractivity contribution in [2.75, 3.05) is 11.9 Å². The highest BCUT2D eigenvalue weighted by molar-refractivity contribution is 6.22. The molecule has 2 aromatic carbocycles. The summed E-state index contributed by atoms with van der Waals surface area (Å²) in [6, 6.07) is 11.4. The topological polar surface area (TPSA) is 113 Å². The lowest BCUT2D eigenvalue weighted by molar-refractivity contribution is -0.122. The summed E-state index contributed by atoms with van der Waals surface area (Å²) in [5, 5.41) is 5.08. The molecule has 3 aliphatic rings. The van der Waals surface area contributed by atoms with E-state index in [4.69, 9.17) is 0 Å². The fraction of sp³-hybridized carbons (Fsp3) is 0.292. The number of benzene rings is 2. The predicted octanol–water partition coefficient (Wildman–Crippen LogP) is 2.61. The highest BCUT2D eigenvalue weighted by Gasteiger charge is 2.40. The Labute approximate surface area is 184 Å². The van der Waals surface area contributed by atoms with Gasteiger partial charge in [-0.3, -0.25) is 34.2 Å². The van der Waals surface area contributed by atoms with Gasteiger partial charge in [0.15, 0.2) is 0 Å². The normalized spacial score (nSPS) is 21.9. The van der Waals surface area contributed by atoms with Gasteiger partial charge in [0.25, 0.3) is 23.6 Å². The smallest absolute Gasteiger partial charge is 0.261 e. The van der Waals surface area contributed by atoms with Gasteiger partial charge < -0.3 is 5.32 Å². The summed E-state index contributed by atoms with van der Waals surface area (Å²) in [4.78, 5) is 63.5. The predicted molar refractivity (Wildman–Crippen MR) is 114 cm³/mol. The molecule has 0 saturated heterocycles. The number of nitrogens with one attached hydrogen (secondary N) is 2. The van der Waals surface area contributed by atoms with Crippen molar-refractivity contribution in [2.24, 2.45) is 11.8 Å². The second kappa shape index (κ2) is 7.71. The Bertz CT molecular complexity index is 1150. The second-order valence-corrected chi connectivity index (χ2v) is 8.45. The van der Waals surface area contributed by atoms with E-state index >= 15 is 0 Å². The number of amides is 5. The first kappa shape index (κ1) is 20.1. The SMILES string of the molecule is O=C1NC(=O)c2cc(NC(=O)C3CCCCC3CN3C(=O)c4ccccc4C3=O)ccc21. The molecule has 0 spiro atoms. The van der Waals surface area contributed by atoms with Crippen LogP contribution in [0.2, 0.25) is 0 Å². The highest BCUT2D eigenvalue weighted by atomic mass is 16.2. The largest absolute Gasteiger partial charge is 0.326 e.